The number of phenols is 1. The van der Waals surface area contributed by atoms with Crippen LogP contribution in [-0.2, 0) is 0 Å². The molecule has 9 nitrogen and oxygen atoms in total. The van der Waals surface area contributed by atoms with Gasteiger partial charge in [-0.05, 0) is 52.5 Å². The molecule has 0 bridgehead atoms. The number of aromatic hydroxyl groups is 1. The van der Waals surface area contributed by atoms with Gasteiger partial charge in [0.15, 0.2) is 5.75 Å². The number of nitrogens with one attached hydrogen (secondary N) is 1. The Morgan fingerprint density at radius 3 is 2.42 bits per heavy atom. The first-order chi connectivity index (χ1) is 18.3. The Morgan fingerprint density at radius 2 is 1.71 bits per heavy atom. The summed E-state index contributed by atoms with van der Waals surface area (Å²) < 4.78 is 0.145. The molecule has 1 aliphatic rings. The van der Waals surface area contributed by atoms with E-state index >= 15 is 0 Å². The number of halogens is 1. The van der Waals surface area contributed by atoms with Gasteiger partial charge in [-0.25, -0.2) is 0 Å². The van der Waals surface area contributed by atoms with E-state index in [0.717, 1.165) is 4.90 Å². The van der Waals surface area contributed by atoms with E-state index in [1.54, 1.807) is 61.5 Å². The summed E-state index contributed by atoms with van der Waals surface area (Å²) in [5.74, 6) is -1.95. The van der Waals surface area contributed by atoms with Crippen LogP contribution < -0.4 is 5.32 Å². The van der Waals surface area contributed by atoms with Crippen LogP contribution in [-0.4, -0.2) is 34.3 Å². The normalized spacial score (nSPS) is 12.7. The van der Waals surface area contributed by atoms with Gasteiger partial charge in [0.05, 0.1) is 26.7 Å². The summed E-state index contributed by atoms with van der Waals surface area (Å²) in [5, 5.41) is 33.2. The van der Waals surface area contributed by atoms with E-state index in [0.29, 0.717) is 16.5 Å². The summed E-state index contributed by atoms with van der Waals surface area (Å²) in [6.07, 6.45) is 0. The molecule has 0 aliphatic carbocycles. The number of imide groups is 1. The van der Waals surface area contributed by atoms with E-state index in [1.807, 2.05) is 12.1 Å². The van der Waals surface area contributed by atoms with Gasteiger partial charge in [0.2, 0.25) is 0 Å². The van der Waals surface area contributed by atoms with Gasteiger partial charge in [-0.2, -0.15) is 5.26 Å². The molecular weight excluding hydrogens is 550 g/mol. The van der Waals surface area contributed by atoms with E-state index in [2.05, 4.69) is 31.5 Å². The van der Waals surface area contributed by atoms with Gasteiger partial charge in [-0.1, -0.05) is 42.5 Å². The third-order valence-electron chi connectivity index (χ3n) is 6.13. The Morgan fingerprint density at radius 1 is 1.03 bits per heavy atom. The molecule has 0 unspecified atom stereocenters. The molecule has 1 aliphatic heterocycles. The molecule has 2 N–H and O–H groups in total. The van der Waals surface area contributed by atoms with Crippen molar-refractivity contribution in [3.05, 3.63) is 93.5 Å². The van der Waals surface area contributed by atoms with Crippen LogP contribution in [0, 0.1) is 11.3 Å². The fraction of sp³-hybridized carbons (Fsp3) is 0.0714. The molecule has 10 heteroatoms. The highest BCUT2D eigenvalue weighted by molar-refractivity contribution is 9.10. The molecule has 186 valence electrons. The maximum atomic E-state index is 13.0. The highest BCUT2D eigenvalue weighted by Crippen LogP contribution is 2.43. The number of anilines is 1. The van der Waals surface area contributed by atoms with Gasteiger partial charge >= 0.3 is 0 Å². The summed E-state index contributed by atoms with van der Waals surface area (Å²) in [6, 6.07) is 20.7. The van der Waals surface area contributed by atoms with Gasteiger partial charge < -0.3 is 10.4 Å². The SMILES string of the molecule is CCN1C(=O)c2cc(C#N)c(N=Nc3c(O)c(C(=O)Nc4ccccc4)cc4ccccc34)c(Br)c2C1=O. The van der Waals surface area contributed by atoms with Crippen LogP contribution in [0.4, 0.5) is 17.1 Å². The molecule has 4 aromatic carbocycles. The quantitative estimate of drug-likeness (QED) is 0.210. The standard InChI is InChI=1S/C28H18BrN5O4/c1-2-34-27(37)19-13-16(14-30)23(22(29)21(19)28(34)38)32-33-24-18-11-7-6-8-15(18)12-20(25(24)35)26(36)31-17-9-4-3-5-10-17/h3-13,35H,2H2,1H3,(H,31,36). The molecule has 4 aromatic rings. The Labute approximate surface area is 225 Å². The number of amides is 3. The lowest BCUT2D eigenvalue weighted by Crippen LogP contribution is -2.29. The molecule has 0 atom stereocenters. The molecule has 5 rings (SSSR count). The fourth-order valence-electron chi connectivity index (χ4n) is 4.27. The Balaban J connectivity index is 1.64. The molecule has 0 aromatic heterocycles. The zero-order chi connectivity index (χ0) is 27.0. The zero-order valence-corrected chi connectivity index (χ0v) is 21.5. The van der Waals surface area contributed by atoms with E-state index in [-0.39, 0.29) is 44.6 Å². The van der Waals surface area contributed by atoms with Crippen molar-refractivity contribution in [2.75, 3.05) is 11.9 Å². The van der Waals surface area contributed by atoms with Crippen molar-refractivity contribution in [2.24, 2.45) is 10.2 Å². The minimum absolute atomic E-state index is 0.00943. The maximum absolute atomic E-state index is 13.0. The molecule has 0 saturated carbocycles. The van der Waals surface area contributed by atoms with Crippen LogP contribution in [0.15, 0.2) is 81.4 Å². The monoisotopic (exact) mass is 567 g/mol. The Bertz CT molecular complexity index is 1730. The highest BCUT2D eigenvalue weighted by Gasteiger charge is 2.38. The first-order valence-corrected chi connectivity index (χ1v) is 12.3. The lowest BCUT2D eigenvalue weighted by molar-refractivity contribution is 0.0662. The van der Waals surface area contributed by atoms with Crippen molar-refractivity contribution >= 4 is 61.5 Å². The fourth-order valence-corrected chi connectivity index (χ4v) is 4.95. The topological polar surface area (TPSA) is 135 Å². The Hall–Kier alpha value is -4.88. The van der Waals surface area contributed by atoms with E-state index < -0.39 is 23.5 Å². The number of para-hydroxylation sites is 1. The van der Waals surface area contributed by atoms with Crippen molar-refractivity contribution < 1.29 is 19.5 Å². The number of hydrogen-bond acceptors (Lipinski definition) is 7. The number of azo groups is 1. The Kier molecular flexibility index (Phi) is 6.45. The molecule has 38 heavy (non-hydrogen) atoms. The predicted octanol–water partition coefficient (Wildman–Crippen LogP) is 6.46. The number of benzene rings is 4. The van der Waals surface area contributed by atoms with E-state index in [9.17, 15) is 24.8 Å². The van der Waals surface area contributed by atoms with Crippen molar-refractivity contribution in [3.8, 4) is 11.8 Å². The molecule has 1 heterocycles. The van der Waals surface area contributed by atoms with E-state index in [4.69, 9.17) is 0 Å². The lowest BCUT2D eigenvalue weighted by atomic mass is 10.0. The number of nitriles is 1. The molecule has 0 saturated heterocycles. The average Bonchev–Trinajstić information content (AvgIpc) is 3.17. The summed E-state index contributed by atoms with van der Waals surface area (Å²) in [7, 11) is 0. The molecule has 0 fully saturated rings. The van der Waals surface area contributed by atoms with Gasteiger partial charge in [0.25, 0.3) is 17.7 Å². The van der Waals surface area contributed by atoms with Crippen LogP contribution in [0.5, 0.6) is 5.75 Å². The molecular formula is C28H18BrN5O4. The minimum Gasteiger partial charge on any atom is -0.505 e. The second-order valence-electron chi connectivity index (χ2n) is 8.34. The average molecular weight is 568 g/mol. The first-order valence-electron chi connectivity index (χ1n) is 11.5. The van der Waals surface area contributed by atoms with Crippen molar-refractivity contribution in [1.82, 2.24) is 4.90 Å². The third-order valence-corrected chi connectivity index (χ3v) is 6.91. The van der Waals surface area contributed by atoms with Crippen LogP contribution in [0.1, 0.15) is 43.6 Å². The molecule has 0 radical (unpaired) electrons. The second-order valence-corrected chi connectivity index (χ2v) is 9.13. The van der Waals surface area contributed by atoms with Crippen LogP contribution in [0.25, 0.3) is 10.8 Å². The van der Waals surface area contributed by atoms with Crippen molar-refractivity contribution in [3.63, 3.8) is 0 Å². The largest absolute Gasteiger partial charge is 0.505 e. The smallest absolute Gasteiger partial charge is 0.262 e. The summed E-state index contributed by atoms with van der Waals surface area (Å²) >= 11 is 3.33. The predicted molar refractivity (Wildman–Crippen MR) is 144 cm³/mol. The molecule has 3 amide bonds. The summed E-state index contributed by atoms with van der Waals surface area (Å²) in [4.78, 5) is 39.6. The van der Waals surface area contributed by atoms with Gasteiger partial charge in [-0.3, -0.25) is 19.3 Å². The summed E-state index contributed by atoms with van der Waals surface area (Å²) in [6.45, 7) is 1.85. The van der Waals surface area contributed by atoms with Crippen LogP contribution in [0.3, 0.4) is 0 Å². The number of fused-ring (bicyclic) bond motifs is 2. The van der Waals surface area contributed by atoms with Gasteiger partial charge in [0, 0.05) is 17.6 Å². The number of nitrogens with zero attached hydrogens (tertiary/aromatic N) is 4. The number of hydrogen-bond donors (Lipinski definition) is 2. The summed E-state index contributed by atoms with van der Waals surface area (Å²) in [5.41, 5.74) is 0.772. The first kappa shape index (κ1) is 24.8. The highest BCUT2D eigenvalue weighted by atomic mass is 79.9. The number of phenolic OH excluding ortho intramolecular Hbond substituents is 1. The number of rotatable bonds is 5. The number of carbonyl (C=O) groups is 3. The van der Waals surface area contributed by atoms with Crippen molar-refractivity contribution in [2.45, 2.75) is 6.92 Å². The van der Waals surface area contributed by atoms with Gasteiger partial charge in [-0.15, -0.1) is 10.2 Å². The van der Waals surface area contributed by atoms with E-state index in [1.165, 1.54) is 6.07 Å². The maximum Gasteiger partial charge on any atom is 0.262 e. The zero-order valence-electron chi connectivity index (χ0n) is 19.9. The minimum atomic E-state index is -0.545. The molecule has 0 spiro atoms. The number of carbonyl (C=O) groups excluding carboxylic acids is 3. The third kappa shape index (κ3) is 4.09. The van der Waals surface area contributed by atoms with Crippen molar-refractivity contribution in [1.29, 1.82) is 5.26 Å². The lowest BCUT2D eigenvalue weighted by Gasteiger charge is -2.11. The van der Waals surface area contributed by atoms with Crippen LogP contribution >= 0.6 is 15.9 Å². The van der Waals surface area contributed by atoms with Gasteiger partial charge in [0.1, 0.15) is 17.4 Å². The van der Waals surface area contributed by atoms with Crippen LogP contribution in [0.2, 0.25) is 0 Å². The second kappa shape index (κ2) is 9.88.